The van der Waals surface area contributed by atoms with Gasteiger partial charge >= 0.3 is 0 Å². The molecule has 1 aliphatic carbocycles. The Kier molecular flexibility index (Phi) is 4.99. The van der Waals surface area contributed by atoms with Crippen LogP contribution in [0.3, 0.4) is 0 Å². The van der Waals surface area contributed by atoms with Crippen molar-refractivity contribution in [2.75, 3.05) is 18.4 Å². The van der Waals surface area contributed by atoms with Crippen LogP contribution in [0.15, 0.2) is 30.6 Å². The van der Waals surface area contributed by atoms with Gasteiger partial charge in [0.05, 0.1) is 5.39 Å². The third-order valence-corrected chi connectivity index (χ3v) is 7.17. The van der Waals surface area contributed by atoms with E-state index < -0.39 is 0 Å². The average Bonchev–Trinajstić information content (AvgIpc) is 3.09. The number of benzene rings is 1. The summed E-state index contributed by atoms with van der Waals surface area (Å²) in [7, 11) is 0. The largest absolute Gasteiger partial charge is 0.367 e. The molecule has 6 heteroatoms. The standard InChI is InChI=1S/C22H25FN4S/c23-16-5-3-4-15(12-16)13-27-10-8-17(9-11-27)26-21-20-18-6-1-2-7-19(18)28-22(20)25-14-24-21/h3-5,12,14,17H,1-2,6-11,13H2,(H,24,25,26). The summed E-state index contributed by atoms with van der Waals surface area (Å²) in [5, 5.41) is 4.99. The molecule has 0 bridgehead atoms. The first kappa shape index (κ1) is 18.0. The minimum atomic E-state index is -0.152. The van der Waals surface area contributed by atoms with Gasteiger partial charge in [0.2, 0.25) is 0 Å². The number of nitrogens with zero attached hydrogens (tertiary/aromatic N) is 3. The number of hydrogen-bond acceptors (Lipinski definition) is 5. The predicted molar refractivity (Wildman–Crippen MR) is 112 cm³/mol. The maximum Gasteiger partial charge on any atom is 0.138 e. The van der Waals surface area contributed by atoms with Crippen LogP contribution in [0.4, 0.5) is 10.2 Å². The van der Waals surface area contributed by atoms with Gasteiger partial charge in [-0.2, -0.15) is 0 Å². The first-order valence-corrected chi connectivity index (χ1v) is 11.1. The van der Waals surface area contributed by atoms with E-state index in [0.717, 1.165) is 55.1 Å². The molecule has 1 N–H and O–H groups in total. The molecule has 1 fully saturated rings. The van der Waals surface area contributed by atoms with E-state index in [1.165, 1.54) is 41.2 Å². The van der Waals surface area contributed by atoms with E-state index >= 15 is 0 Å². The Hall–Kier alpha value is -2.05. The minimum absolute atomic E-state index is 0.152. The molecule has 0 unspecified atom stereocenters. The molecule has 146 valence electrons. The normalized spacial score (nSPS) is 18.3. The zero-order chi connectivity index (χ0) is 18.9. The van der Waals surface area contributed by atoms with Gasteiger partial charge in [-0.1, -0.05) is 12.1 Å². The highest BCUT2D eigenvalue weighted by Crippen LogP contribution is 2.38. The summed E-state index contributed by atoms with van der Waals surface area (Å²) >= 11 is 1.85. The summed E-state index contributed by atoms with van der Waals surface area (Å²) in [4.78, 5) is 14.2. The third kappa shape index (κ3) is 3.63. The number of fused-ring (bicyclic) bond motifs is 3. The molecule has 3 heterocycles. The lowest BCUT2D eigenvalue weighted by molar-refractivity contribution is 0.211. The fourth-order valence-electron chi connectivity index (χ4n) is 4.52. The van der Waals surface area contributed by atoms with Crippen LogP contribution in [0.25, 0.3) is 10.2 Å². The van der Waals surface area contributed by atoms with E-state index in [-0.39, 0.29) is 5.82 Å². The van der Waals surface area contributed by atoms with Crippen molar-refractivity contribution in [1.29, 1.82) is 0 Å². The molecule has 0 atom stereocenters. The van der Waals surface area contributed by atoms with Gasteiger partial charge < -0.3 is 5.32 Å². The van der Waals surface area contributed by atoms with Gasteiger partial charge in [-0.05, 0) is 61.8 Å². The molecule has 0 saturated carbocycles. The Morgan fingerprint density at radius 2 is 2.00 bits per heavy atom. The van der Waals surface area contributed by atoms with Gasteiger partial charge in [-0.25, -0.2) is 14.4 Å². The minimum Gasteiger partial charge on any atom is -0.367 e. The first-order valence-electron chi connectivity index (χ1n) is 10.2. The predicted octanol–water partition coefficient (Wildman–Crippen LogP) is 4.79. The number of aryl methyl sites for hydroxylation is 2. The van der Waals surface area contributed by atoms with Crippen LogP contribution >= 0.6 is 11.3 Å². The number of thiophene rings is 1. The number of aromatic nitrogens is 2. The zero-order valence-electron chi connectivity index (χ0n) is 16.0. The fraction of sp³-hybridized carbons (Fsp3) is 0.455. The Labute approximate surface area is 168 Å². The van der Waals surface area contributed by atoms with E-state index in [1.807, 2.05) is 17.4 Å². The van der Waals surface area contributed by atoms with Crippen molar-refractivity contribution in [3.63, 3.8) is 0 Å². The molecule has 28 heavy (non-hydrogen) atoms. The zero-order valence-corrected chi connectivity index (χ0v) is 16.8. The second-order valence-corrected chi connectivity index (χ2v) is 9.02. The molecule has 1 aliphatic heterocycles. The van der Waals surface area contributed by atoms with Gasteiger partial charge in [0.15, 0.2) is 0 Å². The SMILES string of the molecule is Fc1cccc(CN2CCC(Nc3ncnc4sc5c(c34)CCCC5)CC2)c1. The van der Waals surface area contributed by atoms with E-state index in [4.69, 9.17) is 0 Å². The lowest BCUT2D eigenvalue weighted by Crippen LogP contribution is -2.38. The lowest BCUT2D eigenvalue weighted by Gasteiger charge is -2.32. The Morgan fingerprint density at radius 1 is 1.14 bits per heavy atom. The van der Waals surface area contributed by atoms with E-state index in [1.54, 1.807) is 18.5 Å². The number of anilines is 1. The van der Waals surface area contributed by atoms with Crippen molar-refractivity contribution in [2.24, 2.45) is 0 Å². The van der Waals surface area contributed by atoms with Crippen LogP contribution in [0.2, 0.25) is 0 Å². The highest BCUT2D eigenvalue weighted by Gasteiger charge is 2.23. The van der Waals surface area contributed by atoms with Gasteiger partial charge in [0.25, 0.3) is 0 Å². The Balaban J connectivity index is 1.26. The van der Waals surface area contributed by atoms with Crippen LogP contribution in [-0.4, -0.2) is 34.0 Å². The van der Waals surface area contributed by atoms with Crippen LogP contribution in [0.5, 0.6) is 0 Å². The number of nitrogens with one attached hydrogen (secondary N) is 1. The molecule has 4 nitrogen and oxygen atoms in total. The van der Waals surface area contributed by atoms with Crippen molar-refractivity contribution in [3.05, 3.63) is 52.4 Å². The van der Waals surface area contributed by atoms with E-state index in [0.29, 0.717) is 6.04 Å². The van der Waals surface area contributed by atoms with Crippen molar-refractivity contribution in [3.8, 4) is 0 Å². The van der Waals surface area contributed by atoms with Crippen molar-refractivity contribution in [1.82, 2.24) is 14.9 Å². The Bertz CT molecular complexity index is 978. The number of likely N-dealkylation sites (tertiary alicyclic amines) is 1. The molecule has 2 aromatic heterocycles. The third-order valence-electron chi connectivity index (χ3n) is 5.97. The average molecular weight is 397 g/mol. The molecule has 1 aromatic carbocycles. The van der Waals surface area contributed by atoms with E-state index in [2.05, 4.69) is 20.2 Å². The van der Waals surface area contributed by atoms with Crippen molar-refractivity contribution < 1.29 is 4.39 Å². The number of halogens is 1. The fourth-order valence-corrected chi connectivity index (χ4v) is 5.75. The van der Waals surface area contributed by atoms with Crippen LogP contribution in [-0.2, 0) is 19.4 Å². The summed E-state index contributed by atoms with van der Waals surface area (Å²) in [6.45, 7) is 2.86. The quantitative estimate of drug-likeness (QED) is 0.689. The molecule has 3 aromatic rings. The molecular weight excluding hydrogens is 371 g/mol. The van der Waals surface area contributed by atoms with Gasteiger partial charge in [-0.3, -0.25) is 4.90 Å². The molecular formula is C22H25FN4S. The molecule has 0 radical (unpaired) electrons. The summed E-state index contributed by atoms with van der Waals surface area (Å²) < 4.78 is 13.4. The van der Waals surface area contributed by atoms with Gasteiger partial charge in [0.1, 0.15) is 22.8 Å². The first-order chi connectivity index (χ1) is 13.8. The van der Waals surface area contributed by atoms with Crippen LogP contribution in [0, 0.1) is 5.82 Å². The van der Waals surface area contributed by atoms with Crippen molar-refractivity contribution in [2.45, 2.75) is 51.1 Å². The van der Waals surface area contributed by atoms with E-state index in [9.17, 15) is 4.39 Å². The number of piperidine rings is 1. The molecule has 2 aliphatic rings. The van der Waals surface area contributed by atoms with Gasteiger partial charge in [0, 0.05) is 30.6 Å². The van der Waals surface area contributed by atoms with Crippen LogP contribution < -0.4 is 5.32 Å². The maximum atomic E-state index is 13.4. The maximum absolute atomic E-state index is 13.4. The summed E-state index contributed by atoms with van der Waals surface area (Å²) in [5.41, 5.74) is 2.53. The second-order valence-electron chi connectivity index (χ2n) is 7.94. The number of hydrogen-bond donors (Lipinski definition) is 1. The molecule has 0 amide bonds. The van der Waals surface area contributed by atoms with Gasteiger partial charge in [-0.15, -0.1) is 11.3 Å². The summed E-state index contributed by atoms with van der Waals surface area (Å²) in [6.07, 6.45) is 8.76. The smallest absolute Gasteiger partial charge is 0.138 e. The highest BCUT2D eigenvalue weighted by atomic mass is 32.1. The monoisotopic (exact) mass is 396 g/mol. The number of rotatable bonds is 4. The van der Waals surface area contributed by atoms with Crippen LogP contribution in [0.1, 0.15) is 41.7 Å². The second kappa shape index (κ2) is 7.76. The van der Waals surface area contributed by atoms with Crippen molar-refractivity contribution >= 4 is 27.4 Å². The molecule has 1 saturated heterocycles. The molecule has 0 spiro atoms. The topological polar surface area (TPSA) is 41.0 Å². The lowest BCUT2D eigenvalue weighted by atomic mass is 9.96. The highest BCUT2D eigenvalue weighted by molar-refractivity contribution is 7.19. The molecule has 5 rings (SSSR count). The summed E-state index contributed by atoms with van der Waals surface area (Å²) in [6, 6.07) is 7.37. The Morgan fingerprint density at radius 3 is 2.86 bits per heavy atom. The summed E-state index contributed by atoms with van der Waals surface area (Å²) in [5.74, 6) is 0.869.